The van der Waals surface area contributed by atoms with Gasteiger partial charge in [0.1, 0.15) is 0 Å². The van der Waals surface area contributed by atoms with E-state index in [1.54, 1.807) is 0 Å². The molecule has 4 nitrogen and oxygen atoms in total. The molecule has 0 bridgehead atoms. The largest absolute Gasteiger partial charge is 0.309 e. The summed E-state index contributed by atoms with van der Waals surface area (Å²) < 4.78 is 4.72. The summed E-state index contributed by atoms with van der Waals surface area (Å²) >= 11 is 0. The van der Waals surface area contributed by atoms with E-state index in [2.05, 4.69) is 166 Å². The maximum absolute atomic E-state index is 5.05. The van der Waals surface area contributed by atoms with Gasteiger partial charge in [-0.05, 0) is 82.9 Å². The van der Waals surface area contributed by atoms with Crippen LogP contribution in [0.3, 0.4) is 0 Å². The van der Waals surface area contributed by atoms with Crippen LogP contribution in [0.1, 0.15) is 0 Å². The molecule has 0 aliphatic heterocycles. The smallest absolute Gasteiger partial charge is 0.0970 e. The van der Waals surface area contributed by atoms with Crippen LogP contribution in [-0.4, -0.2) is 19.1 Å². The van der Waals surface area contributed by atoms with E-state index in [4.69, 9.17) is 4.98 Å². The van der Waals surface area contributed by atoms with E-state index in [-0.39, 0.29) is 0 Å². The molecule has 0 radical (unpaired) electrons. The molecule has 0 saturated heterocycles. The lowest BCUT2D eigenvalue weighted by molar-refractivity contribution is 1.18. The van der Waals surface area contributed by atoms with Gasteiger partial charge in [-0.3, -0.25) is 9.97 Å². The summed E-state index contributed by atoms with van der Waals surface area (Å²) in [5, 5.41) is 5.77. The molecule has 10 aromatic rings. The minimum Gasteiger partial charge on any atom is -0.309 e. The van der Waals surface area contributed by atoms with Crippen LogP contribution in [-0.2, 0) is 0 Å². The van der Waals surface area contributed by atoms with Crippen LogP contribution in [0.2, 0.25) is 0 Å². The molecule has 0 aliphatic carbocycles. The van der Waals surface area contributed by atoms with Gasteiger partial charge in [0.15, 0.2) is 0 Å². The van der Waals surface area contributed by atoms with E-state index in [1.165, 1.54) is 38.5 Å². The van der Waals surface area contributed by atoms with E-state index < -0.39 is 0 Å². The second kappa shape index (κ2) is 10.5. The van der Waals surface area contributed by atoms with Crippen molar-refractivity contribution in [3.05, 3.63) is 170 Å². The van der Waals surface area contributed by atoms with Gasteiger partial charge in [-0.1, -0.05) is 91.0 Å². The van der Waals surface area contributed by atoms with Crippen molar-refractivity contribution in [1.82, 2.24) is 19.1 Å². The van der Waals surface area contributed by atoms with Gasteiger partial charge in [0.2, 0.25) is 0 Å². The molecule has 0 amide bonds. The predicted octanol–water partition coefficient (Wildman–Crippen LogP) is 11.2. The number of nitrogens with zero attached hydrogens (tertiary/aromatic N) is 4. The molecule has 4 heterocycles. The number of pyridine rings is 2. The molecular weight excluding hydrogens is 585 g/mol. The monoisotopic (exact) mass is 612 g/mol. The highest BCUT2D eigenvalue weighted by Crippen LogP contribution is 2.39. The fourth-order valence-corrected chi connectivity index (χ4v) is 7.40. The number of rotatable bonds is 4. The quantitative estimate of drug-likeness (QED) is 0.198. The third-order valence-corrected chi connectivity index (χ3v) is 9.63. The molecule has 6 aromatic carbocycles. The van der Waals surface area contributed by atoms with Crippen LogP contribution in [0.5, 0.6) is 0 Å². The van der Waals surface area contributed by atoms with Gasteiger partial charge in [0, 0.05) is 56.9 Å². The Morgan fingerprint density at radius 1 is 0.396 bits per heavy atom. The molecule has 4 heteroatoms. The van der Waals surface area contributed by atoms with Crippen molar-refractivity contribution in [2.24, 2.45) is 0 Å². The standard InChI is InChI=1S/C44H28N4/c1-3-9-29(10-4-1)30-15-19-35(20-16-30)48-42-22-18-32(26-39(42)43-44(48)36-23-24-45-27-33(36)28-46-43)31-17-21-41-38(25-31)37-13-7-8-14-40(37)47(41)34-11-5-2-6-12-34/h1-28H. The summed E-state index contributed by atoms with van der Waals surface area (Å²) in [6, 6.07) is 54.4. The third kappa shape index (κ3) is 4.03. The van der Waals surface area contributed by atoms with Crippen molar-refractivity contribution in [3.63, 3.8) is 0 Å². The van der Waals surface area contributed by atoms with Gasteiger partial charge in [-0.2, -0.15) is 0 Å². The van der Waals surface area contributed by atoms with Crippen LogP contribution in [0, 0.1) is 0 Å². The highest BCUT2D eigenvalue weighted by Gasteiger charge is 2.18. The lowest BCUT2D eigenvalue weighted by Gasteiger charge is -2.11. The Bertz CT molecular complexity index is 2810. The molecule has 0 spiro atoms. The first-order valence-corrected chi connectivity index (χ1v) is 16.2. The third-order valence-electron chi connectivity index (χ3n) is 9.63. The van der Waals surface area contributed by atoms with Crippen molar-refractivity contribution < 1.29 is 0 Å². The molecule has 4 aromatic heterocycles. The van der Waals surface area contributed by atoms with Crippen LogP contribution < -0.4 is 0 Å². The first-order chi connectivity index (χ1) is 23.8. The summed E-state index contributed by atoms with van der Waals surface area (Å²) in [7, 11) is 0. The fraction of sp³-hybridized carbons (Fsp3) is 0. The normalized spacial score (nSPS) is 11.8. The Morgan fingerprint density at radius 2 is 1.00 bits per heavy atom. The molecular formula is C44H28N4. The average Bonchev–Trinajstić information content (AvgIpc) is 3.68. The minimum absolute atomic E-state index is 0.986. The van der Waals surface area contributed by atoms with Crippen LogP contribution in [0.15, 0.2) is 170 Å². The molecule has 0 N–H and O–H groups in total. The van der Waals surface area contributed by atoms with E-state index >= 15 is 0 Å². The van der Waals surface area contributed by atoms with Gasteiger partial charge >= 0.3 is 0 Å². The molecule has 0 atom stereocenters. The van der Waals surface area contributed by atoms with E-state index in [9.17, 15) is 0 Å². The number of benzene rings is 6. The molecule has 0 fully saturated rings. The fourth-order valence-electron chi connectivity index (χ4n) is 7.40. The molecule has 224 valence electrons. The topological polar surface area (TPSA) is 35.6 Å². The molecule has 0 unspecified atom stereocenters. The van der Waals surface area contributed by atoms with Gasteiger partial charge in [0.05, 0.1) is 27.6 Å². The SMILES string of the molecule is c1ccc(-c2ccc(-n3c4ccc(-c5ccc6c(c5)c5ccccc5n6-c5ccccc5)cc4c4ncc5cnccc5c43)cc2)cc1. The van der Waals surface area contributed by atoms with Gasteiger partial charge in [-0.15, -0.1) is 0 Å². The highest BCUT2D eigenvalue weighted by molar-refractivity contribution is 6.17. The Labute approximate surface area is 276 Å². The Balaban J connectivity index is 1.18. The van der Waals surface area contributed by atoms with Gasteiger partial charge in [0.25, 0.3) is 0 Å². The van der Waals surface area contributed by atoms with Gasteiger partial charge in [-0.25, -0.2) is 0 Å². The zero-order valence-corrected chi connectivity index (χ0v) is 26.0. The van der Waals surface area contributed by atoms with Crippen molar-refractivity contribution in [2.75, 3.05) is 0 Å². The number of aromatic nitrogens is 4. The number of hydrogen-bond donors (Lipinski definition) is 0. The zero-order valence-electron chi connectivity index (χ0n) is 26.0. The molecule has 0 saturated carbocycles. The number of fused-ring (bicyclic) bond motifs is 8. The second-order valence-corrected chi connectivity index (χ2v) is 12.3. The summed E-state index contributed by atoms with van der Waals surface area (Å²) in [6.07, 6.45) is 5.72. The van der Waals surface area contributed by atoms with Gasteiger partial charge < -0.3 is 9.13 Å². The summed E-state index contributed by atoms with van der Waals surface area (Å²) in [6.45, 7) is 0. The first-order valence-electron chi connectivity index (χ1n) is 16.2. The van der Waals surface area contributed by atoms with Crippen molar-refractivity contribution in [2.45, 2.75) is 0 Å². The Hall–Kier alpha value is -6.52. The summed E-state index contributed by atoms with van der Waals surface area (Å²) in [5.41, 5.74) is 12.6. The lowest BCUT2D eigenvalue weighted by Crippen LogP contribution is -1.95. The Kier molecular flexibility index (Phi) is 5.84. The number of para-hydroxylation sites is 2. The maximum Gasteiger partial charge on any atom is 0.0970 e. The zero-order chi connectivity index (χ0) is 31.6. The van der Waals surface area contributed by atoms with Crippen LogP contribution >= 0.6 is 0 Å². The van der Waals surface area contributed by atoms with Crippen molar-refractivity contribution >= 4 is 54.5 Å². The first kappa shape index (κ1) is 26.7. The van der Waals surface area contributed by atoms with Crippen LogP contribution in [0.4, 0.5) is 0 Å². The Morgan fingerprint density at radius 3 is 1.79 bits per heavy atom. The average molecular weight is 613 g/mol. The van der Waals surface area contributed by atoms with E-state index in [0.29, 0.717) is 0 Å². The predicted molar refractivity (Wildman–Crippen MR) is 199 cm³/mol. The molecule has 48 heavy (non-hydrogen) atoms. The maximum atomic E-state index is 5.05. The van der Waals surface area contributed by atoms with Crippen molar-refractivity contribution in [1.29, 1.82) is 0 Å². The molecule has 0 aliphatic rings. The summed E-state index contributed by atoms with van der Waals surface area (Å²) in [5.74, 6) is 0. The second-order valence-electron chi connectivity index (χ2n) is 12.3. The highest BCUT2D eigenvalue weighted by atomic mass is 15.0. The molecule has 10 rings (SSSR count). The van der Waals surface area contributed by atoms with Crippen molar-refractivity contribution in [3.8, 4) is 33.6 Å². The number of hydrogen-bond acceptors (Lipinski definition) is 2. The van der Waals surface area contributed by atoms with Crippen LogP contribution in [0.25, 0.3) is 88.1 Å². The van der Waals surface area contributed by atoms with E-state index in [0.717, 1.165) is 49.6 Å². The minimum atomic E-state index is 0.986. The summed E-state index contributed by atoms with van der Waals surface area (Å²) in [4.78, 5) is 9.44. The van der Waals surface area contributed by atoms with E-state index in [1.807, 2.05) is 18.6 Å². The lowest BCUT2D eigenvalue weighted by atomic mass is 10.0.